The first-order valence-electron chi connectivity index (χ1n) is 10.9. The molecule has 1 aromatic carbocycles. The van der Waals surface area contributed by atoms with E-state index >= 15 is 0 Å². The molecule has 0 bridgehead atoms. The zero-order valence-electron chi connectivity index (χ0n) is 17.3. The molecule has 7 nitrogen and oxygen atoms in total. The third-order valence-electron chi connectivity index (χ3n) is 6.29. The van der Waals surface area contributed by atoms with Crippen molar-refractivity contribution in [3.8, 4) is 0 Å². The van der Waals surface area contributed by atoms with E-state index < -0.39 is 0 Å². The average molecular weight is 436 g/mol. The van der Waals surface area contributed by atoms with Crippen molar-refractivity contribution in [1.82, 2.24) is 9.80 Å². The molecule has 3 heterocycles. The Balaban J connectivity index is 1.43. The third kappa shape index (κ3) is 5.14. The molecule has 164 valence electrons. The van der Waals surface area contributed by atoms with Gasteiger partial charge in [-0.15, -0.1) is 0 Å². The standard InChI is InChI=1S/C22H30ClN3O4/c23-18-1-3-19(4-2-18)26-16-17(15-21(26)27)22(28)25(20-5-11-29-12-6-20)8-7-24-9-13-30-14-10-24/h1-4,17,20H,5-16H2. The first kappa shape index (κ1) is 21.6. The minimum Gasteiger partial charge on any atom is -0.381 e. The van der Waals surface area contributed by atoms with E-state index in [1.165, 1.54) is 0 Å². The van der Waals surface area contributed by atoms with Gasteiger partial charge >= 0.3 is 0 Å². The lowest BCUT2D eigenvalue weighted by molar-refractivity contribution is -0.140. The highest BCUT2D eigenvalue weighted by atomic mass is 35.5. The van der Waals surface area contributed by atoms with E-state index in [9.17, 15) is 9.59 Å². The second kappa shape index (κ2) is 10.1. The van der Waals surface area contributed by atoms with E-state index in [0.717, 1.165) is 51.4 Å². The van der Waals surface area contributed by atoms with Crippen LogP contribution in [0.3, 0.4) is 0 Å². The van der Waals surface area contributed by atoms with Crippen molar-refractivity contribution >= 4 is 29.1 Å². The molecule has 3 aliphatic heterocycles. The molecule has 0 radical (unpaired) electrons. The van der Waals surface area contributed by atoms with E-state index in [-0.39, 0.29) is 30.2 Å². The van der Waals surface area contributed by atoms with Crippen LogP contribution in [-0.2, 0) is 19.1 Å². The van der Waals surface area contributed by atoms with Gasteiger partial charge in [-0.25, -0.2) is 0 Å². The van der Waals surface area contributed by atoms with Gasteiger partial charge in [0.15, 0.2) is 0 Å². The number of carbonyl (C=O) groups is 2. The van der Waals surface area contributed by atoms with Crippen molar-refractivity contribution in [2.75, 3.05) is 64.1 Å². The predicted octanol–water partition coefficient (Wildman–Crippen LogP) is 2.03. The van der Waals surface area contributed by atoms with Crippen molar-refractivity contribution in [2.45, 2.75) is 25.3 Å². The van der Waals surface area contributed by atoms with Crippen molar-refractivity contribution in [3.63, 3.8) is 0 Å². The summed E-state index contributed by atoms with van der Waals surface area (Å²) in [5.74, 6) is -0.212. The topological polar surface area (TPSA) is 62.3 Å². The maximum Gasteiger partial charge on any atom is 0.228 e. The Morgan fingerprint density at radius 2 is 1.73 bits per heavy atom. The summed E-state index contributed by atoms with van der Waals surface area (Å²) in [5.41, 5.74) is 0.797. The lowest BCUT2D eigenvalue weighted by atomic mass is 10.0. The minimum absolute atomic E-state index is 0.00391. The van der Waals surface area contributed by atoms with E-state index in [1.54, 1.807) is 17.0 Å². The smallest absolute Gasteiger partial charge is 0.228 e. The van der Waals surface area contributed by atoms with Crippen LogP contribution in [0.15, 0.2) is 24.3 Å². The molecule has 8 heteroatoms. The van der Waals surface area contributed by atoms with Crippen LogP contribution in [-0.4, -0.2) is 86.8 Å². The predicted molar refractivity (Wildman–Crippen MR) is 115 cm³/mol. The first-order chi connectivity index (χ1) is 14.6. The number of carbonyl (C=O) groups excluding carboxylic acids is 2. The van der Waals surface area contributed by atoms with Crippen LogP contribution in [0.4, 0.5) is 5.69 Å². The van der Waals surface area contributed by atoms with Crippen LogP contribution in [0.2, 0.25) is 5.02 Å². The van der Waals surface area contributed by atoms with E-state index in [0.29, 0.717) is 31.3 Å². The van der Waals surface area contributed by atoms with E-state index in [2.05, 4.69) is 4.90 Å². The van der Waals surface area contributed by atoms with Gasteiger partial charge in [0.1, 0.15) is 0 Å². The SMILES string of the molecule is O=C1CC(C(=O)N(CCN2CCOCC2)C2CCOCC2)CN1c1ccc(Cl)cc1. The monoisotopic (exact) mass is 435 g/mol. The zero-order valence-corrected chi connectivity index (χ0v) is 18.1. The van der Waals surface area contributed by atoms with Crippen molar-refractivity contribution in [3.05, 3.63) is 29.3 Å². The number of amides is 2. The molecule has 2 amide bonds. The summed E-state index contributed by atoms with van der Waals surface area (Å²) in [7, 11) is 0. The van der Waals surface area contributed by atoms with Crippen molar-refractivity contribution in [1.29, 1.82) is 0 Å². The summed E-state index contributed by atoms with van der Waals surface area (Å²) in [6, 6.07) is 7.40. The lowest BCUT2D eigenvalue weighted by Crippen LogP contribution is -2.50. The molecule has 3 fully saturated rings. The van der Waals surface area contributed by atoms with Crippen molar-refractivity contribution < 1.29 is 19.1 Å². The van der Waals surface area contributed by atoms with E-state index in [4.69, 9.17) is 21.1 Å². The first-order valence-corrected chi connectivity index (χ1v) is 11.2. The molecule has 0 N–H and O–H groups in total. The second-order valence-electron chi connectivity index (χ2n) is 8.21. The fraction of sp³-hybridized carbons (Fsp3) is 0.636. The molecular weight excluding hydrogens is 406 g/mol. The summed E-state index contributed by atoms with van der Waals surface area (Å²) in [5, 5.41) is 0.631. The minimum atomic E-state index is -0.305. The fourth-order valence-corrected chi connectivity index (χ4v) is 4.65. The summed E-state index contributed by atoms with van der Waals surface area (Å²) in [6.45, 7) is 6.64. The highest BCUT2D eigenvalue weighted by molar-refractivity contribution is 6.30. The molecule has 1 unspecified atom stereocenters. The average Bonchev–Trinajstić information content (AvgIpc) is 3.17. The highest BCUT2D eigenvalue weighted by Crippen LogP contribution is 2.29. The third-order valence-corrected chi connectivity index (χ3v) is 6.54. The maximum atomic E-state index is 13.5. The Morgan fingerprint density at radius 3 is 2.43 bits per heavy atom. The Kier molecular flexibility index (Phi) is 7.25. The number of rotatable bonds is 6. The molecule has 30 heavy (non-hydrogen) atoms. The molecule has 1 atom stereocenters. The van der Waals surface area contributed by atoms with Gasteiger partial charge < -0.3 is 19.3 Å². The number of nitrogens with zero attached hydrogens (tertiary/aromatic N) is 3. The molecule has 0 saturated carbocycles. The second-order valence-corrected chi connectivity index (χ2v) is 8.65. The molecule has 0 aromatic heterocycles. The van der Waals surface area contributed by atoms with Gasteiger partial charge in [0.25, 0.3) is 0 Å². The fourth-order valence-electron chi connectivity index (χ4n) is 4.52. The van der Waals surface area contributed by atoms with Crippen LogP contribution in [0.5, 0.6) is 0 Å². The Bertz CT molecular complexity index is 732. The van der Waals surface area contributed by atoms with Crippen molar-refractivity contribution in [2.24, 2.45) is 5.92 Å². The normalized spacial score (nSPS) is 23.7. The Labute approximate surface area is 182 Å². The Hall–Kier alpha value is -1.67. The molecule has 0 spiro atoms. The summed E-state index contributed by atoms with van der Waals surface area (Å²) in [4.78, 5) is 32.3. The van der Waals surface area contributed by atoms with Crippen LogP contribution >= 0.6 is 11.6 Å². The number of hydrogen-bond acceptors (Lipinski definition) is 5. The molecule has 1 aromatic rings. The number of hydrogen-bond donors (Lipinski definition) is 0. The number of morpholine rings is 1. The molecular formula is C22H30ClN3O4. The van der Waals surface area contributed by atoms with Gasteiger partial charge in [-0.3, -0.25) is 14.5 Å². The van der Waals surface area contributed by atoms with Crippen LogP contribution < -0.4 is 4.90 Å². The van der Waals surface area contributed by atoms with Crippen LogP contribution in [0.25, 0.3) is 0 Å². The van der Waals surface area contributed by atoms with Gasteiger partial charge in [-0.2, -0.15) is 0 Å². The highest BCUT2D eigenvalue weighted by Gasteiger charge is 2.39. The van der Waals surface area contributed by atoms with Gasteiger partial charge in [-0.1, -0.05) is 11.6 Å². The van der Waals surface area contributed by atoms with Gasteiger partial charge in [-0.05, 0) is 37.1 Å². The van der Waals surface area contributed by atoms with E-state index in [1.807, 2.05) is 17.0 Å². The molecule has 0 aliphatic carbocycles. The summed E-state index contributed by atoms with van der Waals surface area (Å²) in [6.07, 6.45) is 1.98. The number of anilines is 1. The number of ether oxygens (including phenoxy) is 2. The molecule has 3 aliphatic rings. The lowest BCUT2D eigenvalue weighted by Gasteiger charge is -2.37. The summed E-state index contributed by atoms with van der Waals surface area (Å²) >= 11 is 5.97. The summed E-state index contributed by atoms with van der Waals surface area (Å²) < 4.78 is 10.9. The number of benzene rings is 1. The largest absolute Gasteiger partial charge is 0.381 e. The quantitative estimate of drug-likeness (QED) is 0.684. The number of halogens is 1. The van der Waals surface area contributed by atoms with Crippen LogP contribution in [0.1, 0.15) is 19.3 Å². The molecule has 3 saturated heterocycles. The molecule has 4 rings (SSSR count). The van der Waals surface area contributed by atoms with Gasteiger partial charge in [0.2, 0.25) is 11.8 Å². The Morgan fingerprint density at radius 1 is 1.07 bits per heavy atom. The van der Waals surface area contributed by atoms with Crippen LogP contribution in [0, 0.1) is 5.92 Å². The van der Waals surface area contributed by atoms with Gasteiger partial charge in [0, 0.05) is 69.1 Å². The zero-order chi connectivity index (χ0) is 20.9. The maximum absolute atomic E-state index is 13.5. The van der Waals surface area contributed by atoms with Gasteiger partial charge in [0.05, 0.1) is 19.1 Å².